The molecule has 2 aromatic rings. The fourth-order valence-corrected chi connectivity index (χ4v) is 3.34. The van der Waals surface area contributed by atoms with Crippen LogP contribution in [0.15, 0.2) is 30.3 Å². The summed E-state index contributed by atoms with van der Waals surface area (Å²) in [4.78, 5) is 14.2. The van der Waals surface area contributed by atoms with Gasteiger partial charge in [-0.2, -0.15) is 5.10 Å². The van der Waals surface area contributed by atoms with E-state index in [1.165, 1.54) is 5.56 Å². The van der Waals surface area contributed by atoms with E-state index in [0.29, 0.717) is 13.1 Å². The molecule has 0 bridgehead atoms. The molecule has 128 valence electrons. The number of carbonyl (C=O) groups excluding carboxylic acids is 1. The third-order valence-corrected chi connectivity index (χ3v) is 4.72. The third kappa shape index (κ3) is 3.08. The fraction of sp³-hybridized carbons (Fsp3) is 0.474. The summed E-state index contributed by atoms with van der Waals surface area (Å²) in [5, 5.41) is 14.7. The summed E-state index contributed by atoms with van der Waals surface area (Å²) in [5.74, 6) is -0.233. The first kappa shape index (κ1) is 16.7. The highest BCUT2D eigenvalue weighted by Crippen LogP contribution is 2.28. The molecule has 0 saturated heterocycles. The molecule has 1 atom stereocenters. The second-order valence-corrected chi connectivity index (χ2v) is 6.78. The van der Waals surface area contributed by atoms with Crippen LogP contribution in [-0.4, -0.2) is 44.9 Å². The Morgan fingerprint density at radius 3 is 2.50 bits per heavy atom. The molecule has 1 unspecified atom stereocenters. The molecular weight excluding hydrogens is 302 g/mol. The van der Waals surface area contributed by atoms with Gasteiger partial charge in [-0.05, 0) is 12.3 Å². The summed E-state index contributed by atoms with van der Waals surface area (Å²) in [7, 11) is 1.97. The molecule has 1 aromatic heterocycles. The van der Waals surface area contributed by atoms with Crippen LogP contribution in [-0.2, 0) is 24.7 Å². The summed E-state index contributed by atoms with van der Waals surface area (Å²) in [6, 6.07) is 10.2. The van der Waals surface area contributed by atoms with Crippen molar-refractivity contribution in [2.45, 2.75) is 32.8 Å². The summed E-state index contributed by atoms with van der Waals surface area (Å²) in [6.07, 6.45) is 0.575. The van der Waals surface area contributed by atoms with Gasteiger partial charge < -0.3 is 10.0 Å². The maximum absolute atomic E-state index is 12.4. The summed E-state index contributed by atoms with van der Waals surface area (Å²) in [5.41, 5.74) is 4.56. The lowest BCUT2D eigenvalue weighted by Gasteiger charge is -2.25. The van der Waals surface area contributed by atoms with Crippen LogP contribution in [0.25, 0.3) is 11.3 Å². The van der Waals surface area contributed by atoms with Gasteiger partial charge in [-0.3, -0.25) is 9.48 Å². The van der Waals surface area contributed by atoms with Crippen molar-refractivity contribution in [1.29, 1.82) is 0 Å². The summed E-state index contributed by atoms with van der Waals surface area (Å²) >= 11 is 0. The van der Waals surface area contributed by atoms with E-state index in [-0.39, 0.29) is 11.8 Å². The maximum Gasteiger partial charge on any atom is 0.251 e. The zero-order valence-corrected chi connectivity index (χ0v) is 14.6. The Labute approximate surface area is 142 Å². The number of aliphatic hydroxyl groups excluding tert-OH is 1. The number of aromatic nitrogens is 2. The largest absolute Gasteiger partial charge is 0.383 e. The topological polar surface area (TPSA) is 58.4 Å². The Morgan fingerprint density at radius 1 is 1.17 bits per heavy atom. The van der Waals surface area contributed by atoms with Crippen LogP contribution in [0.3, 0.4) is 0 Å². The van der Waals surface area contributed by atoms with Gasteiger partial charge in [0.05, 0.1) is 11.4 Å². The highest BCUT2D eigenvalue weighted by molar-refractivity contribution is 5.81. The summed E-state index contributed by atoms with van der Waals surface area (Å²) < 4.78 is 1.94. The predicted octanol–water partition coefficient (Wildman–Crippen LogP) is 2.03. The molecule has 5 heteroatoms. The number of amides is 1. The smallest absolute Gasteiger partial charge is 0.251 e. The minimum atomic E-state index is -0.921. The number of hydrogen-bond donors (Lipinski definition) is 1. The Bertz CT molecular complexity index is 722. The molecule has 5 nitrogen and oxygen atoms in total. The lowest BCUT2D eigenvalue weighted by atomic mass is 10.0. The zero-order chi connectivity index (χ0) is 17.3. The molecule has 0 fully saturated rings. The van der Waals surface area contributed by atoms with Crippen molar-refractivity contribution < 1.29 is 9.90 Å². The lowest BCUT2D eigenvalue weighted by molar-refractivity contribution is -0.142. The third-order valence-electron chi connectivity index (χ3n) is 4.72. The van der Waals surface area contributed by atoms with E-state index >= 15 is 0 Å². The van der Waals surface area contributed by atoms with Crippen LogP contribution < -0.4 is 0 Å². The van der Waals surface area contributed by atoms with Crippen LogP contribution in [0.1, 0.15) is 25.1 Å². The molecule has 0 aliphatic carbocycles. The van der Waals surface area contributed by atoms with Gasteiger partial charge in [0.25, 0.3) is 5.91 Å². The van der Waals surface area contributed by atoms with Gasteiger partial charge in [0.15, 0.2) is 0 Å². The number of hydrogen-bond acceptors (Lipinski definition) is 3. The number of fused-ring (bicyclic) bond motifs is 1. The first-order valence-electron chi connectivity index (χ1n) is 8.56. The number of nitrogens with zero attached hydrogens (tertiary/aromatic N) is 3. The van der Waals surface area contributed by atoms with E-state index < -0.39 is 6.10 Å². The number of rotatable bonds is 3. The molecule has 1 aromatic carbocycles. The molecule has 0 radical (unpaired) electrons. The lowest BCUT2D eigenvalue weighted by Crippen LogP contribution is -2.42. The van der Waals surface area contributed by atoms with Crippen molar-refractivity contribution >= 4 is 5.91 Å². The molecule has 2 heterocycles. The van der Waals surface area contributed by atoms with Gasteiger partial charge in [-0.25, -0.2) is 0 Å². The first-order chi connectivity index (χ1) is 11.5. The number of benzene rings is 1. The van der Waals surface area contributed by atoms with Crippen molar-refractivity contribution in [3.63, 3.8) is 0 Å². The van der Waals surface area contributed by atoms with E-state index in [0.717, 1.165) is 29.8 Å². The molecule has 3 rings (SSSR count). The molecule has 24 heavy (non-hydrogen) atoms. The van der Waals surface area contributed by atoms with Crippen LogP contribution in [0.2, 0.25) is 0 Å². The van der Waals surface area contributed by atoms with E-state index in [1.807, 2.05) is 43.8 Å². The normalized spacial score (nSPS) is 16.0. The van der Waals surface area contributed by atoms with Gasteiger partial charge in [-0.15, -0.1) is 0 Å². The molecule has 1 aliphatic rings. The van der Waals surface area contributed by atoms with E-state index in [2.05, 4.69) is 17.2 Å². The monoisotopic (exact) mass is 327 g/mol. The standard InChI is InChI=1S/C19H25N3O2/c1-13(2)18(23)19(24)22-11-9-15-16(10-12-22)20-21(3)17(15)14-7-5-4-6-8-14/h4-8,13,18,23H,9-12H2,1-3H3. The Morgan fingerprint density at radius 2 is 1.83 bits per heavy atom. The second-order valence-electron chi connectivity index (χ2n) is 6.78. The van der Waals surface area contributed by atoms with Crippen molar-refractivity contribution in [1.82, 2.24) is 14.7 Å². The molecule has 0 saturated carbocycles. The molecular formula is C19H25N3O2. The van der Waals surface area contributed by atoms with Gasteiger partial charge in [0.1, 0.15) is 6.10 Å². The predicted molar refractivity (Wildman–Crippen MR) is 93.5 cm³/mol. The Balaban J connectivity index is 1.85. The minimum Gasteiger partial charge on any atom is -0.383 e. The van der Waals surface area contributed by atoms with E-state index in [4.69, 9.17) is 0 Å². The van der Waals surface area contributed by atoms with Crippen LogP contribution in [0.5, 0.6) is 0 Å². The van der Waals surface area contributed by atoms with Gasteiger partial charge >= 0.3 is 0 Å². The van der Waals surface area contributed by atoms with E-state index in [9.17, 15) is 9.90 Å². The van der Waals surface area contributed by atoms with Gasteiger partial charge in [0.2, 0.25) is 0 Å². The molecule has 0 spiro atoms. The zero-order valence-electron chi connectivity index (χ0n) is 14.6. The van der Waals surface area contributed by atoms with E-state index in [1.54, 1.807) is 4.90 Å². The van der Waals surface area contributed by atoms with Crippen LogP contribution in [0.4, 0.5) is 0 Å². The molecule has 1 aliphatic heterocycles. The Hall–Kier alpha value is -2.14. The number of aryl methyl sites for hydroxylation is 1. The van der Waals surface area contributed by atoms with Crippen LogP contribution in [0, 0.1) is 5.92 Å². The van der Waals surface area contributed by atoms with Crippen LogP contribution >= 0.6 is 0 Å². The van der Waals surface area contributed by atoms with Crippen molar-refractivity contribution in [3.05, 3.63) is 41.6 Å². The highest BCUT2D eigenvalue weighted by Gasteiger charge is 2.28. The van der Waals surface area contributed by atoms with Gasteiger partial charge in [-0.1, -0.05) is 44.2 Å². The first-order valence-corrected chi connectivity index (χ1v) is 8.56. The molecule has 1 amide bonds. The average Bonchev–Trinajstić information content (AvgIpc) is 2.75. The minimum absolute atomic E-state index is 0.0668. The van der Waals surface area contributed by atoms with Crippen molar-refractivity contribution in [3.8, 4) is 11.3 Å². The Kier molecular flexibility index (Phi) is 4.71. The number of aliphatic hydroxyl groups is 1. The summed E-state index contributed by atoms with van der Waals surface area (Å²) in [6.45, 7) is 4.97. The SMILES string of the molecule is CC(C)C(O)C(=O)N1CCc2nn(C)c(-c3ccccc3)c2CC1. The fourth-order valence-electron chi connectivity index (χ4n) is 3.34. The highest BCUT2D eigenvalue weighted by atomic mass is 16.3. The molecule has 1 N–H and O–H groups in total. The number of carbonyl (C=O) groups is 1. The van der Waals surface area contributed by atoms with Crippen molar-refractivity contribution in [2.75, 3.05) is 13.1 Å². The quantitative estimate of drug-likeness (QED) is 0.938. The maximum atomic E-state index is 12.4. The average molecular weight is 327 g/mol. The second kappa shape index (κ2) is 6.77. The van der Waals surface area contributed by atoms with Crippen molar-refractivity contribution in [2.24, 2.45) is 13.0 Å². The van der Waals surface area contributed by atoms with Gasteiger partial charge in [0, 0.05) is 37.7 Å².